The maximum Gasteiger partial charge on any atom is 0.159 e. The van der Waals surface area contributed by atoms with Crippen molar-refractivity contribution in [3.05, 3.63) is 460 Å². The summed E-state index contributed by atoms with van der Waals surface area (Å²) in [5, 5.41) is 20.7. The lowest BCUT2D eigenvalue weighted by atomic mass is 9.82. The second-order valence-corrected chi connectivity index (χ2v) is 56.0. The number of rotatable bonds is 10. The van der Waals surface area contributed by atoms with E-state index in [1.54, 1.807) is 0 Å². The summed E-state index contributed by atoms with van der Waals surface area (Å²) in [7, 11) is -6.31. The molecule has 0 radical (unpaired) electrons. The molecule has 27 aromatic rings. The Kier molecular flexibility index (Phi) is 19.8. The van der Waals surface area contributed by atoms with Gasteiger partial charge in [0.2, 0.25) is 0 Å². The van der Waals surface area contributed by atoms with E-state index in [0.717, 1.165) is 90.7 Å². The number of para-hydroxylation sites is 8. The highest BCUT2D eigenvalue weighted by molar-refractivity contribution is 7.26. The second-order valence-electron chi connectivity index (χ2n) is 42.1. The van der Waals surface area contributed by atoms with E-state index >= 15 is 0 Å². The molecule has 0 saturated heterocycles. The lowest BCUT2D eigenvalue weighted by Crippen LogP contribution is -2.50. The van der Waals surface area contributed by atoms with Crippen LogP contribution in [0.3, 0.4) is 0 Å². The fourth-order valence-corrected chi connectivity index (χ4v) is 35.5. The summed E-state index contributed by atoms with van der Waals surface area (Å²) >= 11 is 1.87. The molecular formula is C135H98N10SSi3. The monoisotopic (exact) mass is 1970 g/mol. The van der Waals surface area contributed by atoms with Crippen LogP contribution in [0.2, 0.25) is 39.3 Å². The molecule has 149 heavy (non-hydrogen) atoms. The molecule has 0 atom stereocenters. The van der Waals surface area contributed by atoms with E-state index in [1.807, 2.05) is 11.3 Å². The van der Waals surface area contributed by atoms with Crippen LogP contribution in [-0.2, 0) is 5.41 Å². The van der Waals surface area contributed by atoms with Crippen LogP contribution < -0.4 is 31.5 Å². The summed E-state index contributed by atoms with van der Waals surface area (Å²) in [6.07, 6.45) is 0. The first-order valence-corrected chi connectivity index (χ1v) is 61.4. The summed E-state index contributed by atoms with van der Waals surface area (Å²) in [4.78, 5) is 32.6. The van der Waals surface area contributed by atoms with Crippen LogP contribution in [-0.4, -0.2) is 72.4 Å². The van der Waals surface area contributed by atoms with E-state index in [4.69, 9.17) is 29.9 Å². The van der Waals surface area contributed by atoms with E-state index in [2.05, 4.69) is 520 Å². The zero-order chi connectivity index (χ0) is 99.6. The van der Waals surface area contributed by atoms with E-state index in [0.29, 0.717) is 0 Å². The number of thiophene rings is 1. The van der Waals surface area contributed by atoms with Gasteiger partial charge in [0.15, 0.2) is 17.5 Å². The molecule has 31 rings (SSSR count). The fraction of sp³-hybridized carbons (Fsp3) is 0.0667. The second kappa shape index (κ2) is 33.5. The highest BCUT2D eigenvalue weighted by Crippen LogP contribution is 2.56. The molecule has 0 saturated carbocycles. The van der Waals surface area contributed by atoms with Crippen molar-refractivity contribution in [1.82, 2.24) is 48.2 Å². The average Bonchev–Trinajstić information content (AvgIpc) is 1.56. The highest BCUT2D eigenvalue weighted by atomic mass is 32.1. The minimum Gasteiger partial charge on any atom is -0.309 e. The molecule has 0 spiro atoms. The Morgan fingerprint density at radius 1 is 0.208 bits per heavy atom. The van der Waals surface area contributed by atoms with Gasteiger partial charge in [-0.25, -0.2) is 29.9 Å². The topological polar surface area (TPSA) is 97.1 Å². The summed E-state index contributed by atoms with van der Waals surface area (Å²) in [5.41, 5.74) is 36.3. The predicted octanol–water partition coefficient (Wildman–Crippen LogP) is 30.9. The quantitative estimate of drug-likeness (QED) is 0.127. The molecule has 11 heterocycles. The van der Waals surface area contributed by atoms with E-state index < -0.39 is 24.2 Å². The summed E-state index contributed by atoms with van der Waals surface area (Å²) in [6.45, 7) is 19.3. The molecule has 3 aliphatic heterocycles. The normalized spacial score (nSPS) is 13.9. The molecular weight excluding hydrogens is 1880 g/mol. The van der Waals surface area contributed by atoms with Gasteiger partial charge in [-0.15, -0.1) is 11.3 Å². The van der Waals surface area contributed by atoms with Gasteiger partial charge < -0.3 is 18.3 Å². The Balaban J connectivity index is 0.000000105. The van der Waals surface area contributed by atoms with Gasteiger partial charge in [-0.3, -0.25) is 0 Å². The fourth-order valence-electron chi connectivity index (χ4n) is 25.6. The Bertz CT molecular complexity index is 10300. The Labute approximate surface area is 869 Å². The van der Waals surface area contributed by atoms with Crippen LogP contribution in [0.4, 0.5) is 0 Å². The number of hydrogen-bond donors (Lipinski definition) is 0. The smallest absolute Gasteiger partial charge is 0.159 e. The minimum absolute atomic E-state index is 0.0688. The number of aromatic nitrogens is 10. The first-order valence-electron chi connectivity index (χ1n) is 51.6. The number of nitrogens with zero attached hydrogens (tertiary/aromatic N) is 10. The third-order valence-electron chi connectivity index (χ3n) is 32.5. The minimum atomic E-state index is -2.12. The standard InChI is InChI=1S/C48H34N4Si.C45H35N3Si.C42H29N3SSi/c1-53(2)42-28-16-12-24-36(42)45-46(49-47(50-48(45)53)31-17-5-3-6-18-31)35-23-11-15-27-39(35)52-38-26-14-10-22-34(38)44-41(52)30-29-40-43(44)33-21-9-13-25-37(33)51(40)32-19-7-4-8-20-32;1-45(2)33-22-12-8-18-29(33)39-34(45)26-27-37-40(39)30-19-9-13-23-35(30)48(37)36-24-14-10-20-31(36)42-41-32-21-11-15-25-38(32)49(3,4)44(41)47-43(46-42)28-16-6-5-7-17-28;1-47(2)36-23-13-9-19-30(36)39-40(43-41(44-42(39)47)26-14-4-3-5-15-26)28-17-7-11-21-32(28)45-31-20-10-6-16-27(31)37-33(45)24-25-35-38(37)29-18-8-12-22-34(29)46-35/h3-30H,1-2H3;5-27H,1-4H3;3-25H,1-2H3. The predicted molar refractivity (Wildman–Crippen MR) is 633 cm³/mol. The van der Waals surface area contributed by atoms with Crippen LogP contribution in [0.25, 0.3) is 243 Å². The van der Waals surface area contributed by atoms with Gasteiger partial charge in [0.05, 0.1) is 78.3 Å². The van der Waals surface area contributed by atoms with Gasteiger partial charge in [-0.1, -0.05) is 411 Å². The lowest BCUT2D eigenvalue weighted by molar-refractivity contribution is 0.661. The molecule has 706 valence electrons. The van der Waals surface area contributed by atoms with Crippen LogP contribution in [0.15, 0.2) is 449 Å². The van der Waals surface area contributed by atoms with Crippen LogP contribution in [0.5, 0.6) is 0 Å². The molecule has 8 aromatic heterocycles. The van der Waals surface area contributed by atoms with Gasteiger partial charge in [0.1, 0.15) is 24.2 Å². The number of hydrogen-bond acceptors (Lipinski definition) is 7. The number of benzene rings is 19. The maximum absolute atomic E-state index is 5.50. The Hall–Kier alpha value is -17.5. The molecule has 1 aliphatic carbocycles. The lowest BCUT2D eigenvalue weighted by Gasteiger charge is -2.21. The van der Waals surface area contributed by atoms with Crippen molar-refractivity contribution < 1.29 is 0 Å². The van der Waals surface area contributed by atoms with Gasteiger partial charge in [-0.05, 0) is 145 Å². The summed E-state index contributed by atoms with van der Waals surface area (Å²) in [6, 6.07) is 162. The first kappa shape index (κ1) is 88.0. The van der Waals surface area contributed by atoms with Crippen molar-refractivity contribution in [3.63, 3.8) is 0 Å². The molecule has 0 fully saturated rings. The van der Waals surface area contributed by atoms with E-state index in [9.17, 15) is 0 Å². The molecule has 4 aliphatic rings. The third kappa shape index (κ3) is 13.1. The van der Waals surface area contributed by atoms with Crippen molar-refractivity contribution in [2.45, 2.75) is 58.5 Å². The van der Waals surface area contributed by atoms with Crippen molar-refractivity contribution >= 4 is 174 Å². The molecule has 0 amide bonds. The van der Waals surface area contributed by atoms with Gasteiger partial charge in [0.25, 0.3) is 0 Å². The van der Waals surface area contributed by atoms with Crippen molar-refractivity contribution in [1.29, 1.82) is 0 Å². The molecule has 0 N–H and O–H groups in total. The SMILES string of the molecule is CC1(C)c2ccccc2-c2c1ccc1c2c2ccccc2n1-c1ccccc1-c1nc(-c2ccccc2)nc2c1-c1ccccc1[Si]2(C)C.C[Si]1(C)c2ccccc2-c2c(-c3ccccc3-n3c4ccccc4c4c5c(ccc43)sc3ccccc35)nc(-c3ccccc3)nc21.C[Si]1(C)c2ccccc2-c2c(-c3ccccc3-n3c4ccccc4c4c5c6ccccc6n(-c6ccccc6)c5ccc43)nc(-c3ccccc3)nc21. The van der Waals surface area contributed by atoms with Crippen molar-refractivity contribution in [2.75, 3.05) is 0 Å². The van der Waals surface area contributed by atoms with Crippen LogP contribution >= 0.6 is 11.3 Å². The van der Waals surface area contributed by atoms with Gasteiger partial charge in [0, 0.05) is 140 Å². The average molecular weight is 1980 g/mol. The molecule has 19 aromatic carbocycles. The largest absolute Gasteiger partial charge is 0.309 e. The van der Waals surface area contributed by atoms with Gasteiger partial charge in [-0.2, -0.15) is 0 Å². The maximum atomic E-state index is 5.50. The van der Waals surface area contributed by atoms with Crippen LogP contribution in [0, 0.1) is 0 Å². The molecule has 0 bridgehead atoms. The molecule has 14 heteroatoms. The first-order chi connectivity index (χ1) is 73.0. The zero-order valence-corrected chi connectivity index (χ0v) is 87.4. The van der Waals surface area contributed by atoms with E-state index in [1.165, 1.54) is 195 Å². The Morgan fingerprint density at radius 3 is 0.919 bits per heavy atom. The van der Waals surface area contributed by atoms with Crippen molar-refractivity contribution in [3.8, 4) is 135 Å². The van der Waals surface area contributed by atoms with Gasteiger partial charge >= 0.3 is 0 Å². The van der Waals surface area contributed by atoms with E-state index in [-0.39, 0.29) is 5.41 Å². The van der Waals surface area contributed by atoms with Crippen molar-refractivity contribution in [2.24, 2.45) is 0 Å². The highest BCUT2D eigenvalue weighted by Gasteiger charge is 2.47. The van der Waals surface area contributed by atoms with Crippen LogP contribution in [0.1, 0.15) is 25.0 Å². The summed E-state index contributed by atoms with van der Waals surface area (Å²) < 4.78 is 12.5. The summed E-state index contributed by atoms with van der Waals surface area (Å²) in [5.74, 6) is 2.35. The number of fused-ring (bicyclic) bond motifs is 30. The molecule has 10 nitrogen and oxygen atoms in total. The third-order valence-corrected chi connectivity index (χ3v) is 43.6. The molecule has 0 unspecified atom stereocenters. The zero-order valence-electron chi connectivity index (χ0n) is 83.6. The Morgan fingerprint density at radius 2 is 0.503 bits per heavy atom.